The summed E-state index contributed by atoms with van der Waals surface area (Å²) < 4.78 is 29.9. The minimum Gasteiger partial charge on any atom is -0.349 e. The molecule has 0 saturated carbocycles. The number of hydrogen-bond acceptors (Lipinski definition) is 5. The highest BCUT2D eigenvalue weighted by Crippen LogP contribution is 2.24. The quantitative estimate of drug-likeness (QED) is 0.706. The van der Waals surface area contributed by atoms with Crippen molar-refractivity contribution in [3.63, 3.8) is 0 Å². The van der Waals surface area contributed by atoms with E-state index >= 15 is 0 Å². The minimum atomic E-state index is -0.644. The van der Waals surface area contributed by atoms with Crippen LogP contribution in [0.1, 0.15) is 41.0 Å². The van der Waals surface area contributed by atoms with Crippen LogP contribution < -0.4 is 10.6 Å². The number of hydrogen-bond donors (Lipinski definition) is 2. The molecular formula is C18H26Cl2F2N6O. The van der Waals surface area contributed by atoms with Gasteiger partial charge in [0.1, 0.15) is 11.6 Å². The molecule has 0 radical (unpaired) electrons. The predicted molar refractivity (Wildman–Crippen MR) is 111 cm³/mol. The van der Waals surface area contributed by atoms with Crippen molar-refractivity contribution in [3.8, 4) is 0 Å². The van der Waals surface area contributed by atoms with Crippen molar-refractivity contribution in [3.05, 3.63) is 47.3 Å². The van der Waals surface area contributed by atoms with E-state index in [2.05, 4.69) is 20.9 Å². The molecule has 1 aliphatic rings. The van der Waals surface area contributed by atoms with E-state index in [1.807, 2.05) is 0 Å². The first-order valence-corrected chi connectivity index (χ1v) is 8.98. The van der Waals surface area contributed by atoms with E-state index in [1.54, 1.807) is 29.9 Å². The number of carbonyl (C=O) groups excluding carboxylic acids is 1. The van der Waals surface area contributed by atoms with Gasteiger partial charge in [-0.3, -0.25) is 4.79 Å². The van der Waals surface area contributed by atoms with E-state index in [0.29, 0.717) is 0 Å². The number of halogens is 4. The molecule has 0 bridgehead atoms. The molecule has 3 rings (SSSR count). The fourth-order valence-corrected chi connectivity index (χ4v) is 3.28. The Hall–Kier alpha value is -1.81. The third-order valence-electron chi connectivity index (χ3n) is 4.84. The van der Waals surface area contributed by atoms with E-state index in [-0.39, 0.29) is 48.7 Å². The largest absolute Gasteiger partial charge is 0.349 e. The second-order valence-corrected chi connectivity index (χ2v) is 6.89. The van der Waals surface area contributed by atoms with Crippen LogP contribution in [0.3, 0.4) is 0 Å². The number of likely N-dealkylation sites (N-methyl/N-ethyl adjacent to an activating group) is 1. The van der Waals surface area contributed by atoms with Crippen molar-refractivity contribution in [1.29, 1.82) is 0 Å². The van der Waals surface area contributed by atoms with Crippen LogP contribution in [0.5, 0.6) is 0 Å². The predicted octanol–water partition coefficient (Wildman–Crippen LogP) is 2.36. The molecule has 29 heavy (non-hydrogen) atoms. The Morgan fingerprint density at radius 3 is 2.48 bits per heavy atom. The molecule has 1 amide bonds. The maximum atomic E-state index is 14.1. The second kappa shape index (κ2) is 11.4. The summed E-state index contributed by atoms with van der Waals surface area (Å²) in [6.07, 6.45) is 3.49. The summed E-state index contributed by atoms with van der Waals surface area (Å²) in [6, 6.07) is 3.32. The average molecular weight is 451 g/mol. The smallest absolute Gasteiger partial charge is 0.273 e. The standard InChI is InChI=1S/C18H24F2N6O.2ClH/c1-25(2)16(17-13(19)4-3-5-14(17)20)10-22-18(27)15-11-26(24-23-15)12-6-8-21-9-7-12;;/h3-5,11-12,16,21H,6-10H2,1-2H3,(H,22,27);2*1H. The zero-order chi connectivity index (χ0) is 19.4. The molecule has 1 saturated heterocycles. The zero-order valence-electron chi connectivity index (χ0n) is 16.3. The molecule has 7 nitrogen and oxygen atoms in total. The number of carbonyl (C=O) groups is 1. The van der Waals surface area contributed by atoms with Crippen LogP contribution in [0.15, 0.2) is 24.4 Å². The third-order valence-corrected chi connectivity index (χ3v) is 4.84. The van der Waals surface area contributed by atoms with Crippen LogP contribution in [0, 0.1) is 11.6 Å². The maximum absolute atomic E-state index is 14.1. The van der Waals surface area contributed by atoms with E-state index in [0.717, 1.165) is 25.9 Å². The number of nitrogens with zero attached hydrogens (tertiary/aromatic N) is 4. The molecule has 1 fully saturated rings. The van der Waals surface area contributed by atoms with Gasteiger partial charge in [0.25, 0.3) is 5.91 Å². The highest BCUT2D eigenvalue weighted by molar-refractivity contribution is 5.91. The molecule has 162 valence electrons. The van der Waals surface area contributed by atoms with Gasteiger partial charge in [-0.2, -0.15) is 0 Å². The Morgan fingerprint density at radius 2 is 1.90 bits per heavy atom. The number of nitrogens with one attached hydrogen (secondary N) is 2. The van der Waals surface area contributed by atoms with Crippen LogP contribution in [-0.4, -0.2) is 59.5 Å². The number of aromatic nitrogens is 3. The van der Waals surface area contributed by atoms with Gasteiger partial charge in [-0.25, -0.2) is 13.5 Å². The summed E-state index contributed by atoms with van der Waals surface area (Å²) in [7, 11) is 3.41. The van der Waals surface area contributed by atoms with Gasteiger partial charge in [0.05, 0.1) is 18.3 Å². The van der Waals surface area contributed by atoms with Crippen molar-refractivity contribution >= 4 is 30.7 Å². The Bertz CT molecular complexity index is 778. The van der Waals surface area contributed by atoms with E-state index < -0.39 is 23.6 Å². The summed E-state index contributed by atoms with van der Waals surface area (Å²) in [5.74, 6) is -1.70. The lowest BCUT2D eigenvalue weighted by atomic mass is 10.0. The summed E-state index contributed by atoms with van der Waals surface area (Å²) in [5.41, 5.74) is 0.126. The topological polar surface area (TPSA) is 75.1 Å². The SMILES string of the molecule is CN(C)C(CNC(=O)c1cn(C2CCNCC2)nn1)c1c(F)cccc1F.Cl.Cl. The average Bonchev–Trinajstić information content (AvgIpc) is 3.14. The normalized spacial score (nSPS) is 15.3. The summed E-state index contributed by atoms with van der Waals surface area (Å²) in [4.78, 5) is 14.1. The lowest BCUT2D eigenvalue weighted by Crippen LogP contribution is -2.35. The fourth-order valence-electron chi connectivity index (χ4n) is 3.28. The second-order valence-electron chi connectivity index (χ2n) is 6.89. The van der Waals surface area contributed by atoms with Gasteiger partial charge < -0.3 is 15.5 Å². The van der Waals surface area contributed by atoms with E-state index in [9.17, 15) is 13.6 Å². The molecule has 2 aromatic rings. The maximum Gasteiger partial charge on any atom is 0.273 e. The monoisotopic (exact) mass is 450 g/mol. The zero-order valence-corrected chi connectivity index (χ0v) is 17.9. The first-order chi connectivity index (χ1) is 13.0. The molecule has 1 aromatic heterocycles. The number of rotatable bonds is 6. The molecule has 1 atom stereocenters. The molecular weight excluding hydrogens is 425 g/mol. The Kier molecular flexibility index (Phi) is 9.91. The Morgan fingerprint density at radius 1 is 1.28 bits per heavy atom. The number of amides is 1. The third kappa shape index (κ3) is 6.08. The fraction of sp³-hybridized carbons (Fsp3) is 0.500. The highest BCUT2D eigenvalue weighted by atomic mass is 35.5. The lowest BCUT2D eigenvalue weighted by molar-refractivity contribution is 0.0935. The molecule has 11 heteroatoms. The summed E-state index contributed by atoms with van der Waals surface area (Å²) in [6.45, 7) is 1.86. The van der Waals surface area contributed by atoms with Crippen LogP contribution >= 0.6 is 24.8 Å². The van der Waals surface area contributed by atoms with Crippen LogP contribution in [0.2, 0.25) is 0 Å². The van der Waals surface area contributed by atoms with E-state index in [1.165, 1.54) is 18.2 Å². The number of piperidine rings is 1. The van der Waals surface area contributed by atoms with Crippen LogP contribution in [-0.2, 0) is 0 Å². The molecule has 2 heterocycles. The Labute approximate surface area is 181 Å². The van der Waals surface area contributed by atoms with Gasteiger partial charge >= 0.3 is 0 Å². The molecule has 2 N–H and O–H groups in total. The van der Waals surface area contributed by atoms with Crippen LogP contribution in [0.25, 0.3) is 0 Å². The Balaban J connectivity index is 0.00000210. The lowest BCUT2D eigenvalue weighted by Gasteiger charge is -2.25. The van der Waals surface area contributed by atoms with Crippen molar-refractivity contribution in [2.45, 2.75) is 24.9 Å². The van der Waals surface area contributed by atoms with Gasteiger partial charge in [-0.1, -0.05) is 11.3 Å². The number of benzene rings is 1. The van der Waals surface area contributed by atoms with Crippen LogP contribution in [0.4, 0.5) is 8.78 Å². The first-order valence-electron chi connectivity index (χ1n) is 8.98. The molecule has 1 aliphatic heterocycles. The van der Waals surface area contributed by atoms with E-state index in [4.69, 9.17) is 0 Å². The van der Waals surface area contributed by atoms with Gasteiger partial charge in [0.15, 0.2) is 5.69 Å². The molecule has 1 aromatic carbocycles. The summed E-state index contributed by atoms with van der Waals surface area (Å²) >= 11 is 0. The van der Waals surface area contributed by atoms with Gasteiger partial charge in [0.2, 0.25) is 0 Å². The summed E-state index contributed by atoms with van der Waals surface area (Å²) in [5, 5.41) is 14.0. The molecule has 1 unspecified atom stereocenters. The molecule has 0 spiro atoms. The van der Waals surface area contributed by atoms with Gasteiger partial charge in [-0.15, -0.1) is 29.9 Å². The highest BCUT2D eigenvalue weighted by Gasteiger charge is 2.24. The van der Waals surface area contributed by atoms with Crippen molar-refractivity contribution in [2.75, 3.05) is 33.7 Å². The molecule has 0 aliphatic carbocycles. The van der Waals surface area contributed by atoms with Crippen molar-refractivity contribution < 1.29 is 13.6 Å². The first kappa shape index (κ1) is 25.2. The van der Waals surface area contributed by atoms with Crippen molar-refractivity contribution in [1.82, 2.24) is 30.5 Å². The van der Waals surface area contributed by atoms with Gasteiger partial charge in [-0.05, 0) is 52.2 Å². The van der Waals surface area contributed by atoms with Crippen molar-refractivity contribution in [2.24, 2.45) is 0 Å². The van der Waals surface area contributed by atoms with Gasteiger partial charge in [0, 0.05) is 12.1 Å². The minimum absolute atomic E-state index is 0.